The smallest absolute Gasteiger partial charge is 0.147 e. The molecule has 0 aliphatic heterocycles. The number of nitriles is 1. The van der Waals surface area contributed by atoms with E-state index in [0.717, 1.165) is 15.6 Å². The Balaban J connectivity index is 2.39. The van der Waals surface area contributed by atoms with Crippen LogP contribution in [0, 0.1) is 11.3 Å². The van der Waals surface area contributed by atoms with Crippen molar-refractivity contribution in [1.29, 1.82) is 5.26 Å². The molecule has 0 saturated heterocycles. The Hall–Kier alpha value is -1.77. The van der Waals surface area contributed by atoms with Crippen LogP contribution in [0.5, 0.6) is 0 Å². The third-order valence-electron chi connectivity index (χ3n) is 2.07. The van der Waals surface area contributed by atoms with Gasteiger partial charge in [0.2, 0.25) is 0 Å². The Bertz CT molecular complexity index is 539. The van der Waals surface area contributed by atoms with E-state index in [1.165, 1.54) is 11.3 Å². The average Bonchev–Trinajstić information content (AvgIpc) is 2.78. The molecule has 0 amide bonds. The van der Waals surface area contributed by atoms with Crippen molar-refractivity contribution in [3.8, 4) is 16.6 Å². The fourth-order valence-corrected chi connectivity index (χ4v) is 2.05. The summed E-state index contributed by atoms with van der Waals surface area (Å²) < 4.78 is 0. The van der Waals surface area contributed by atoms with E-state index in [9.17, 15) is 0 Å². The van der Waals surface area contributed by atoms with Crippen LogP contribution in [0.2, 0.25) is 0 Å². The molecule has 5 heteroatoms. The van der Waals surface area contributed by atoms with Gasteiger partial charge in [-0.1, -0.05) is 23.5 Å². The normalized spacial score (nSPS) is 12.1. The maximum atomic E-state index is 8.80. The molecule has 1 atom stereocenters. The van der Waals surface area contributed by atoms with Gasteiger partial charge in [-0.2, -0.15) is 5.26 Å². The Morgan fingerprint density at radius 3 is 2.88 bits per heavy atom. The van der Waals surface area contributed by atoms with E-state index in [-0.39, 0.29) is 6.04 Å². The van der Waals surface area contributed by atoms with E-state index in [0.29, 0.717) is 5.56 Å². The molecule has 0 spiro atoms. The van der Waals surface area contributed by atoms with Gasteiger partial charge in [0, 0.05) is 5.56 Å². The molecule has 0 bridgehead atoms. The van der Waals surface area contributed by atoms with Gasteiger partial charge in [-0.05, 0) is 19.1 Å². The molecule has 1 aromatic carbocycles. The molecule has 0 aliphatic carbocycles. The molecule has 80 valence electrons. The van der Waals surface area contributed by atoms with Crippen molar-refractivity contribution >= 4 is 11.3 Å². The van der Waals surface area contributed by atoms with E-state index in [4.69, 9.17) is 11.0 Å². The van der Waals surface area contributed by atoms with Crippen LogP contribution in [0.25, 0.3) is 10.6 Å². The van der Waals surface area contributed by atoms with Crippen LogP contribution >= 0.6 is 11.3 Å². The van der Waals surface area contributed by atoms with Crippen LogP contribution in [0.3, 0.4) is 0 Å². The quantitative estimate of drug-likeness (QED) is 0.857. The standard InChI is InChI=1S/C11H10N4S/c1-7(13)10-14-15-11(16-10)9-4-2-3-8(5-9)6-12/h2-5,7H,13H2,1H3. The SMILES string of the molecule is CC(N)c1nnc(-c2cccc(C#N)c2)s1. The van der Waals surface area contributed by atoms with Crippen molar-refractivity contribution in [3.05, 3.63) is 34.8 Å². The van der Waals surface area contributed by atoms with Crippen LogP contribution in [0.15, 0.2) is 24.3 Å². The molecule has 1 aromatic heterocycles. The minimum atomic E-state index is -0.106. The second kappa shape index (κ2) is 4.39. The van der Waals surface area contributed by atoms with Gasteiger partial charge in [0.15, 0.2) is 0 Å². The van der Waals surface area contributed by atoms with E-state index < -0.39 is 0 Å². The highest BCUT2D eigenvalue weighted by molar-refractivity contribution is 7.14. The fourth-order valence-electron chi connectivity index (χ4n) is 1.26. The Kier molecular flexibility index (Phi) is 2.95. The first-order valence-corrected chi connectivity index (χ1v) is 5.62. The number of hydrogen-bond acceptors (Lipinski definition) is 5. The molecule has 2 N–H and O–H groups in total. The molecule has 4 nitrogen and oxygen atoms in total. The number of benzene rings is 1. The zero-order valence-electron chi connectivity index (χ0n) is 8.71. The van der Waals surface area contributed by atoms with Crippen molar-refractivity contribution in [3.63, 3.8) is 0 Å². The number of nitrogens with two attached hydrogens (primary N) is 1. The van der Waals surface area contributed by atoms with Crippen molar-refractivity contribution in [2.45, 2.75) is 13.0 Å². The summed E-state index contributed by atoms with van der Waals surface area (Å²) >= 11 is 1.46. The number of aromatic nitrogens is 2. The topological polar surface area (TPSA) is 75.6 Å². The fraction of sp³-hybridized carbons (Fsp3) is 0.182. The average molecular weight is 230 g/mol. The molecule has 2 aromatic rings. The van der Waals surface area contributed by atoms with Crippen LogP contribution in [0.4, 0.5) is 0 Å². The molecule has 2 rings (SSSR count). The van der Waals surface area contributed by atoms with Gasteiger partial charge in [0.1, 0.15) is 10.0 Å². The molecule has 1 heterocycles. The van der Waals surface area contributed by atoms with Crippen molar-refractivity contribution in [1.82, 2.24) is 10.2 Å². The molecule has 0 saturated carbocycles. The lowest BCUT2D eigenvalue weighted by molar-refractivity contribution is 0.786. The summed E-state index contributed by atoms with van der Waals surface area (Å²) in [6.07, 6.45) is 0. The third kappa shape index (κ3) is 2.08. The molecule has 0 fully saturated rings. The second-order valence-corrected chi connectivity index (χ2v) is 4.44. The van der Waals surface area contributed by atoms with Crippen molar-refractivity contribution in [2.75, 3.05) is 0 Å². The first-order valence-electron chi connectivity index (χ1n) is 4.80. The van der Waals surface area contributed by atoms with Gasteiger partial charge in [-0.25, -0.2) is 0 Å². The summed E-state index contributed by atoms with van der Waals surface area (Å²) in [5.74, 6) is 0. The van der Waals surface area contributed by atoms with Gasteiger partial charge >= 0.3 is 0 Å². The molecule has 1 unspecified atom stereocenters. The van der Waals surface area contributed by atoms with E-state index >= 15 is 0 Å². The number of hydrogen-bond donors (Lipinski definition) is 1. The Morgan fingerprint density at radius 1 is 1.44 bits per heavy atom. The van der Waals surface area contributed by atoms with Crippen molar-refractivity contribution in [2.24, 2.45) is 5.73 Å². The molecule has 0 aliphatic rings. The summed E-state index contributed by atoms with van der Waals surface area (Å²) in [6.45, 7) is 1.87. The van der Waals surface area contributed by atoms with Gasteiger partial charge in [-0.15, -0.1) is 10.2 Å². The highest BCUT2D eigenvalue weighted by Crippen LogP contribution is 2.26. The summed E-state index contributed by atoms with van der Waals surface area (Å²) in [6, 6.07) is 9.29. The van der Waals surface area contributed by atoms with Crippen LogP contribution in [0.1, 0.15) is 23.5 Å². The number of nitrogens with zero attached hydrogens (tertiary/aromatic N) is 3. The second-order valence-electron chi connectivity index (χ2n) is 3.43. The monoisotopic (exact) mass is 230 g/mol. The van der Waals surface area contributed by atoms with E-state index in [1.54, 1.807) is 12.1 Å². The lowest BCUT2D eigenvalue weighted by atomic mass is 10.1. The van der Waals surface area contributed by atoms with E-state index in [2.05, 4.69) is 16.3 Å². The van der Waals surface area contributed by atoms with Crippen LogP contribution in [-0.2, 0) is 0 Å². The predicted molar refractivity (Wildman–Crippen MR) is 62.7 cm³/mol. The van der Waals surface area contributed by atoms with Gasteiger partial charge in [0.25, 0.3) is 0 Å². The lowest BCUT2D eigenvalue weighted by Gasteiger charge is -1.96. The summed E-state index contributed by atoms with van der Waals surface area (Å²) in [5.41, 5.74) is 7.24. The minimum Gasteiger partial charge on any atom is -0.322 e. The third-order valence-corrected chi connectivity index (χ3v) is 3.24. The predicted octanol–water partition coefficient (Wildman–Crippen LogP) is 2.10. The first kappa shape index (κ1) is 10.7. The largest absolute Gasteiger partial charge is 0.322 e. The van der Waals surface area contributed by atoms with Gasteiger partial charge in [-0.3, -0.25) is 0 Å². The van der Waals surface area contributed by atoms with Crippen molar-refractivity contribution < 1.29 is 0 Å². The maximum absolute atomic E-state index is 8.80. The highest BCUT2D eigenvalue weighted by atomic mass is 32.1. The molecule has 16 heavy (non-hydrogen) atoms. The molecule has 0 radical (unpaired) electrons. The summed E-state index contributed by atoms with van der Waals surface area (Å²) in [5, 5.41) is 18.5. The number of rotatable bonds is 2. The summed E-state index contributed by atoms with van der Waals surface area (Å²) in [7, 11) is 0. The molecular weight excluding hydrogens is 220 g/mol. The summed E-state index contributed by atoms with van der Waals surface area (Å²) in [4.78, 5) is 0. The van der Waals surface area contributed by atoms with Crippen LogP contribution < -0.4 is 5.73 Å². The van der Waals surface area contributed by atoms with Crippen LogP contribution in [-0.4, -0.2) is 10.2 Å². The zero-order valence-corrected chi connectivity index (χ0v) is 9.53. The maximum Gasteiger partial charge on any atom is 0.147 e. The highest BCUT2D eigenvalue weighted by Gasteiger charge is 2.09. The Labute approximate surface area is 97.4 Å². The zero-order chi connectivity index (χ0) is 11.5. The Morgan fingerprint density at radius 2 is 2.25 bits per heavy atom. The lowest BCUT2D eigenvalue weighted by Crippen LogP contribution is -2.03. The van der Waals surface area contributed by atoms with Gasteiger partial charge in [0.05, 0.1) is 17.7 Å². The minimum absolute atomic E-state index is 0.106. The van der Waals surface area contributed by atoms with Gasteiger partial charge < -0.3 is 5.73 Å². The molecular formula is C11H10N4S. The van der Waals surface area contributed by atoms with E-state index in [1.807, 2.05) is 19.1 Å². The first-order chi connectivity index (χ1) is 7.70.